The molecule has 0 bridgehead atoms. The predicted octanol–water partition coefficient (Wildman–Crippen LogP) is 2.41. The van der Waals surface area contributed by atoms with Crippen LogP contribution in [-0.2, 0) is 11.3 Å². The standard InChI is InChI=1S/C21H26ClN7O/c1-3-23-18-5-4-16(12-24-18)20-21-25-11-15(2)17(29(21)14-26-20)13-27-6-8-28(9-7-27)19(30)10-22/h4-5,11-12,14H,3,6-10,13H2,1-2H3,(H,23,24). The van der Waals surface area contributed by atoms with Gasteiger partial charge in [-0.15, -0.1) is 11.6 Å². The van der Waals surface area contributed by atoms with Gasteiger partial charge in [0.15, 0.2) is 5.65 Å². The van der Waals surface area contributed by atoms with Gasteiger partial charge in [-0.3, -0.25) is 14.1 Å². The molecule has 0 aliphatic carbocycles. The average molecular weight is 428 g/mol. The topological polar surface area (TPSA) is 78.7 Å². The second-order valence-corrected chi connectivity index (χ2v) is 7.69. The van der Waals surface area contributed by atoms with Gasteiger partial charge >= 0.3 is 0 Å². The molecule has 0 atom stereocenters. The zero-order valence-electron chi connectivity index (χ0n) is 17.3. The lowest BCUT2D eigenvalue weighted by Gasteiger charge is -2.34. The summed E-state index contributed by atoms with van der Waals surface area (Å²) in [5.74, 6) is 0.902. The minimum Gasteiger partial charge on any atom is -0.370 e. The van der Waals surface area contributed by atoms with Gasteiger partial charge in [0.05, 0.1) is 0 Å². The lowest BCUT2D eigenvalue weighted by atomic mass is 10.2. The second kappa shape index (κ2) is 8.97. The molecule has 1 aliphatic rings. The number of piperazine rings is 1. The Kier molecular flexibility index (Phi) is 6.15. The Labute approximate surface area is 180 Å². The third kappa shape index (κ3) is 4.11. The minimum absolute atomic E-state index is 0.00631. The van der Waals surface area contributed by atoms with E-state index >= 15 is 0 Å². The molecule has 4 heterocycles. The molecule has 0 unspecified atom stereocenters. The molecule has 1 N–H and O–H groups in total. The Hall–Kier alpha value is -2.71. The molecule has 1 aliphatic heterocycles. The molecule has 1 saturated heterocycles. The molecule has 8 nitrogen and oxygen atoms in total. The molecule has 0 radical (unpaired) electrons. The molecule has 4 rings (SSSR count). The van der Waals surface area contributed by atoms with Crippen LogP contribution in [0.25, 0.3) is 16.9 Å². The molecule has 1 amide bonds. The van der Waals surface area contributed by atoms with Gasteiger partial charge in [0.25, 0.3) is 0 Å². The van der Waals surface area contributed by atoms with Crippen LogP contribution >= 0.6 is 11.6 Å². The third-order valence-corrected chi connectivity index (χ3v) is 5.70. The number of carbonyl (C=O) groups excluding carboxylic acids is 1. The smallest absolute Gasteiger partial charge is 0.237 e. The van der Waals surface area contributed by atoms with Crippen molar-refractivity contribution in [1.82, 2.24) is 29.2 Å². The van der Waals surface area contributed by atoms with Gasteiger partial charge in [0.1, 0.15) is 23.7 Å². The number of carbonyl (C=O) groups is 1. The summed E-state index contributed by atoms with van der Waals surface area (Å²) in [7, 11) is 0. The summed E-state index contributed by atoms with van der Waals surface area (Å²) in [6.45, 7) is 8.78. The van der Waals surface area contributed by atoms with Crippen LogP contribution in [-0.4, -0.2) is 73.7 Å². The average Bonchev–Trinajstić information content (AvgIpc) is 3.21. The number of fused-ring (bicyclic) bond motifs is 1. The monoisotopic (exact) mass is 427 g/mol. The highest BCUT2D eigenvalue weighted by Gasteiger charge is 2.22. The van der Waals surface area contributed by atoms with Crippen molar-refractivity contribution in [2.24, 2.45) is 0 Å². The highest BCUT2D eigenvalue weighted by Crippen LogP contribution is 2.24. The summed E-state index contributed by atoms with van der Waals surface area (Å²) in [6, 6.07) is 3.97. The van der Waals surface area contributed by atoms with Crippen molar-refractivity contribution in [3.63, 3.8) is 0 Å². The molecule has 0 aromatic carbocycles. The number of hydrogen-bond donors (Lipinski definition) is 1. The number of nitrogens with zero attached hydrogens (tertiary/aromatic N) is 6. The van der Waals surface area contributed by atoms with Gasteiger partial charge in [-0.2, -0.15) is 0 Å². The SMILES string of the molecule is CCNc1ccc(-c2ncn3c(CN4CCN(C(=O)CCl)CC4)c(C)cnc23)cn1. The summed E-state index contributed by atoms with van der Waals surface area (Å²) in [4.78, 5) is 29.7. The van der Waals surface area contributed by atoms with Crippen LogP contribution in [0.2, 0.25) is 0 Å². The van der Waals surface area contributed by atoms with Crippen LogP contribution in [0.5, 0.6) is 0 Å². The van der Waals surface area contributed by atoms with E-state index in [-0.39, 0.29) is 11.8 Å². The number of aryl methyl sites for hydroxylation is 1. The van der Waals surface area contributed by atoms with E-state index in [1.807, 2.05) is 42.7 Å². The number of imidazole rings is 1. The van der Waals surface area contributed by atoms with E-state index in [2.05, 4.69) is 36.5 Å². The molecule has 0 saturated carbocycles. The first-order chi connectivity index (χ1) is 14.6. The number of rotatable bonds is 6. The van der Waals surface area contributed by atoms with E-state index in [4.69, 9.17) is 11.6 Å². The minimum atomic E-state index is 0.00631. The highest BCUT2D eigenvalue weighted by molar-refractivity contribution is 6.27. The lowest BCUT2D eigenvalue weighted by molar-refractivity contribution is -0.130. The number of alkyl halides is 1. The first-order valence-corrected chi connectivity index (χ1v) is 10.7. The lowest BCUT2D eigenvalue weighted by Crippen LogP contribution is -2.48. The van der Waals surface area contributed by atoms with E-state index in [0.29, 0.717) is 13.1 Å². The van der Waals surface area contributed by atoms with Gasteiger partial charge in [0.2, 0.25) is 5.91 Å². The molecular weight excluding hydrogens is 402 g/mol. The van der Waals surface area contributed by atoms with E-state index in [1.54, 1.807) is 0 Å². The molecular formula is C21H26ClN7O. The quantitative estimate of drug-likeness (QED) is 0.608. The van der Waals surface area contributed by atoms with E-state index in [1.165, 1.54) is 0 Å². The second-order valence-electron chi connectivity index (χ2n) is 7.43. The van der Waals surface area contributed by atoms with Gasteiger partial charge in [-0.1, -0.05) is 0 Å². The van der Waals surface area contributed by atoms with E-state index in [9.17, 15) is 4.79 Å². The van der Waals surface area contributed by atoms with Crippen LogP contribution in [0.3, 0.4) is 0 Å². The van der Waals surface area contributed by atoms with E-state index < -0.39 is 0 Å². The van der Waals surface area contributed by atoms with Gasteiger partial charge in [0, 0.05) is 62.9 Å². The van der Waals surface area contributed by atoms with E-state index in [0.717, 1.165) is 60.2 Å². The predicted molar refractivity (Wildman–Crippen MR) is 118 cm³/mol. The summed E-state index contributed by atoms with van der Waals surface area (Å²) < 4.78 is 2.07. The third-order valence-electron chi connectivity index (χ3n) is 5.48. The van der Waals surface area contributed by atoms with Gasteiger partial charge in [-0.25, -0.2) is 15.0 Å². The number of hydrogen-bond acceptors (Lipinski definition) is 6. The Morgan fingerprint density at radius 2 is 1.93 bits per heavy atom. The number of amides is 1. The molecule has 0 spiro atoms. The number of aromatic nitrogens is 4. The van der Waals surface area contributed by atoms with Crippen LogP contribution in [0.15, 0.2) is 30.9 Å². The zero-order valence-corrected chi connectivity index (χ0v) is 18.1. The normalized spacial score (nSPS) is 15.0. The van der Waals surface area contributed by atoms with Crippen molar-refractivity contribution in [2.75, 3.05) is 43.9 Å². The van der Waals surface area contributed by atoms with Crippen LogP contribution in [0.1, 0.15) is 18.2 Å². The molecule has 1 fully saturated rings. The first kappa shape index (κ1) is 20.6. The summed E-state index contributed by atoms with van der Waals surface area (Å²) in [5.41, 5.74) is 4.86. The van der Waals surface area contributed by atoms with Gasteiger partial charge < -0.3 is 10.2 Å². The number of pyridine rings is 1. The zero-order chi connectivity index (χ0) is 21.1. The number of nitrogens with one attached hydrogen (secondary N) is 1. The highest BCUT2D eigenvalue weighted by atomic mass is 35.5. The van der Waals surface area contributed by atoms with Crippen molar-refractivity contribution in [1.29, 1.82) is 0 Å². The molecule has 3 aromatic heterocycles. The summed E-state index contributed by atoms with van der Waals surface area (Å²) >= 11 is 5.68. The summed E-state index contributed by atoms with van der Waals surface area (Å²) in [6.07, 6.45) is 5.57. The molecule has 158 valence electrons. The fraction of sp³-hybridized carbons (Fsp3) is 0.429. The molecule has 30 heavy (non-hydrogen) atoms. The largest absolute Gasteiger partial charge is 0.370 e. The van der Waals surface area contributed by atoms with Crippen molar-refractivity contribution in [3.05, 3.63) is 42.1 Å². The molecule has 9 heteroatoms. The Bertz CT molecular complexity index is 1030. The van der Waals surface area contributed by atoms with Crippen LogP contribution in [0.4, 0.5) is 5.82 Å². The Morgan fingerprint density at radius 3 is 2.60 bits per heavy atom. The van der Waals surface area contributed by atoms with Gasteiger partial charge in [-0.05, 0) is 31.5 Å². The Morgan fingerprint density at radius 1 is 1.13 bits per heavy atom. The maximum absolute atomic E-state index is 11.8. The fourth-order valence-electron chi connectivity index (χ4n) is 3.76. The Balaban J connectivity index is 1.56. The maximum Gasteiger partial charge on any atom is 0.237 e. The van der Waals surface area contributed by atoms with Crippen molar-refractivity contribution >= 4 is 29.0 Å². The van der Waals surface area contributed by atoms with Crippen LogP contribution < -0.4 is 5.32 Å². The maximum atomic E-state index is 11.8. The number of anilines is 1. The van der Waals surface area contributed by atoms with Crippen molar-refractivity contribution < 1.29 is 4.79 Å². The first-order valence-electron chi connectivity index (χ1n) is 10.2. The van der Waals surface area contributed by atoms with Crippen LogP contribution in [0, 0.1) is 6.92 Å². The fourth-order valence-corrected chi connectivity index (χ4v) is 3.93. The number of halogens is 1. The van der Waals surface area contributed by atoms with Crippen molar-refractivity contribution in [3.8, 4) is 11.3 Å². The summed E-state index contributed by atoms with van der Waals surface area (Å²) in [5, 5.41) is 3.20. The molecule has 3 aromatic rings. The van der Waals surface area contributed by atoms with Crippen molar-refractivity contribution in [2.45, 2.75) is 20.4 Å².